The lowest BCUT2D eigenvalue weighted by molar-refractivity contribution is 0.0776. The lowest BCUT2D eigenvalue weighted by atomic mass is 10.2. The van der Waals surface area contributed by atoms with Gasteiger partial charge in [0.15, 0.2) is 5.69 Å². The summed E-state index contributed by atoms with van der Waals surface area (Å²) in [4.78, 5) is 18.4. The van der Waals surface area contributed by atoms with Gasteiger partial charge in [-0.3, -0.25) is 14.5 Å². The molecular weight excluding hydrogens is 276 g/mol. The minimum atomic E-state index is -0.0709. The van der Waals surface area contributed by atoms with Crippen molar-refractivity contribution in [2.75, 3.05) is 7.05 Å². The Balaban J connectivity index is 2.14. The summed E-state index contributed by atoms with van der Waals surface area (Å²) in [6, 6.07) is 7.93. The standard InChI is InChI=1S/C17H24N4O/c1-5-15(6-2)21-13(3)11-16(19-21)17(22)20(4)12-14-9-7-8-10-18-14/h7-11,15H,5-6,12H2,1-4H3. The Kier molecular flexibility index (Phi) is 5.31. The van der Waals surface area contributed by atoms with Gasteiger partial charge in [0.2, 0.25) is 0 Å². The second-order valence-corrected chi connectivity index (χ2v) is 5.57. The Morgan fingerprint density at radius 1 is 1.32 bits per heavy atom. The van der Waals surface area contributed by atoms with Crippen LogP contribution in [0.3, 0.4) is 0 Å². The Bertz CT molecular complexity index is 617. The maximum absolute atomic E-state index is 12.5. The summed E-state index contributed by atoms with van der Waals surface area (Å²) in [5.41, 5.74) is 2.40. The number of amides is 1. The van der Waals surface area contributed by atoms with Crippen LogP contribution in [0, 0.1) is 6.92 Å². The predicted octanol–water partition coefficient (Wildman–Crippen LogP) is 3.22. The van der Waals surface area contributed by atoms with Crippen molar-refractivity contribution in [3.05, 3.63) is 47.5 Å². The fourth-order valence-electron chi connectivity index (χ4n) is 2.60. The molecule has 0 aliphatic carbocycles. The van der Waals surface area contributed by atoms with Gasteiger partial charge in [-0.2, -0.15) is 5.10 Å². The number of nitrogens with zero attached hydrogens (tertiary/aromatic N) is 4. The molecule has 5 heteroatoms. The average Bonchev–Trinajstić information content (AvgIpc) is 2.91. The number of pyridine rings is 1. The maximum Gasteiger partial charge on any atom is 0.274 e. The molecule has 0 aliphatic heterocycles. The molecule has 0 N–H and O–H groups in total. The topological polar surface area (TPSA) is 51.0 Å². The van der Waals surface area contributed by atoms with Crippen molar-refractivity contribution in [2.45, 2.75) is 46.2 Å². The first-order chi connectivity index (χ1) is 10.6. The summed E-state index contributed by atoms with van der Waals surface area (Å²) in [6.07, 6.45) is 3.76. The summed E-state index contributed by atoms with van der Waals surface area (Å²) in [5, 5.41) is 4.52. The molecule has 0 aromatic carbocycles. The van der Waals surface area contributed by atoms with E-state index in [0.29, 0.717) is 18.3 Å². The number of aromatic nitrogens is 3. The van der Waals surface area contributed by atoms with Crippen molar-refractivity contribution >= 4 is 5.91 Å². The van der Waals surface area contributed by atoms with Gasteiger partial charge >= 0.3 is 0 Å². The van der Waals surface area contributed by atoms with E-state index >= 15 is 0 Å². The zero-order valence-electron chi connectivity index (χ0n) is 13.8. The molecule has 2 heterocycles. The van der Waals surface area contributed by atoms with Gasteiger partial charge in [-0.05, 0) is 38.0 Å². The van der Waals surface area contributed by atoms with Gasteiger partial charge in [0.05, 0.1) is 18.3 Å². The molecule has 0 bridgehead atoms. The SMILES string of the molecule is CCC(CC)n1nc(C(=O)N(C)Cc2ccccn2)cc1C. The molecule has 0 saturated heterocycles. The van der Waals surface area contributed by atoms with Crippen LogP contribution < -0.4 is 0 Å². The first kappa shape index (κ1) is 16.2. The summed E-state index contributed by atoms with van der Waals surface area (Å²) in [7, 11) is 1.78. The second kappa shape index (κ2) is 7.20. The van der Waals surface area contributed by atoms with Crippen LogP contribution in [0.1, 0.15) is 54.6 Å². The highest BCUT2D eigenvalue weighted by molar-refractivity contribution is 5.92. The summed E-state index contributed by atoms with van der Waals surface area (Å²) in [5.74, 6) is -0.0709. The molecule has 22 heavy (non-hydrogen) atoms. The largest absolute Gasteiger partial charge is 0.334 e. The molecule has 2 aromatic rings. The zero-order valence-corrected chi connectivity index (χ0v) is 13.8. The van der Waals surface area contributed by atoms with Crippen LogP contribution in [-0.2, 0) is 6.54 Å². The molecule has 0 spiro atoms. The third-order valence-electron chi connectivity index (χ3n) is 3.90. The monoisotopic (exact) mass is 300 g/mol. The van der Waals surface area contributed by atoms with Crippen LogP contribution in [-0.4, -0.2) is 32.6 Å². The minimum Gasteiger partial charge on any atom is -0.334 e. The Labute approximate surface area is 132 Å². The lowest BCUT2D eigenvalue weighted by Crippen LogP contribution is -2.27. The van der Waals surface area contributed by atoms with Crippen molar-refractivity contribution in [2.24, 2.45) is 0 Å². The number of rotatable bonds is 6. The van der Waals surface area contributed by atoms with Crippen LogP contribution in [0.25, 0.3) is 0 Å². The van der Waals surface area contributed by atoms with E-state index in [0.717, 1.165) is 24.2 Å². The highest BCUT2D eigenvalue weighted by atomic mass is 16.2. The van der Waals surface area contributed by atoms with Crippen molar-refractivity contribution in [1.29, 1.82) is 0 Å². The van der Waals surface area contributed by atoms with Crippen LogP contribution in [0.5, 0.6) is 0 Å². The fourth-order valence-corrected chi connectivity index (χ4v) is 2.60. The predicted molar refractivity (Wildman–Crippen MR) is 86.6 cm³/mol. The third-order valence-corrected chi connectivity index (χ3v) is 3.90. The van der Waals surface area contributed by atoms with Gasteiger partial charge in [-0.1, -0.05) is 19.9 Å². The highest BCUT2D eigenvalue weighted by Gasteiger charge is 2.19. The Morgan fingerprint density at radius 3 is 2.64 bits per heavy atom. The Hall–Kier alpha value is -2.17. The van der Waals surface area contributed by atoms with Gasteiger partial charge in [0, 0.05) is 18.9 Å². The molecule has 0 saturated carbocycles. The van der Waals surface area contributed by atoms with E-state index in [4.69, 9.17) is 0 Å². The van der Waals surface area contributed by atoms with E-state index in [1.165, 1.54) is 0 Å². The quantitative estimate of drug-likeness (QED) is 0.823. The first-order valence-corrected chi connectivity index (χ1v) is 7.78. The number of carbonyl (C=O) groups excluding carboxylic acids is 1. The molecule has 1 amide bonds. The van der Waals surface area contributed by atoms with Gasteiger partial charge in [-0.15, -0.1) is 0 Å². The van der Waals surface area contributed by atoms with E-state index < -0.39 is 0 Å². The summed E-state index contributed by atoms with van der Waals surface area (Å²) in [6.45, 7) is 6.77. The van der Waals surface area contributed by atoms with E-state index in [1.807, 2.05) is 35.9 Å². The molecule has 5 nitrogen and oxygen atoms in total. The van der Waals surface area contributed by atoms with Crippen molar-refractivity contribution in [3.8, 4) is 0 Å². The van der Waals surface area contributed by atoms with Crippen LogP contribution >= 0.6 is 0 Å². The van der Waals surface area contributed by atoms with Gasteiger partial charge in [0.25, 0.3) is 5.91 Å². The molecule has 0 unspecified atom stereocenters. The van der Waals surface area contributed by atoms with E-state index in [-0.39, 0.29) is 5.91 Å². The molecule has 0 fully saturated rings. The molecular formula is C17H24N4O. The normalized spacial score (nSPS) is 11.0. The van der Waals surface area contributed by atoms with Gasteiger partial charge in [-0.25, -0.2) is 0 Å². The molecule has 2 aromatic heterocycles. The zero-order chi connectivity index (χ0) is 16.1. The van der Waals surface area contributed by atoms with Crippen LogP contribution in [0.15, 0.2) is 30.5 Å². The van der Waals surface area contributed by atoms with Gasteiger partial charge < -0.3 is 4.90 Å². The first-order valence-electron chi connectivity index (χ1n) is 7.78. The Morgan fingerprint density at radius 2 is 2.05 bits per heavy atom. The summed E-state index contributed by atoms with van der Waals surface area (Å²) >= 11 is 0. The second-order valence-electron chi connectivity index (χ2n) is 5.57. The molecule has 2 rings (SSSR count). The maximum atomic E-state index is 12.5. The van der Waals surface area contributed by atoms with Gasteiger partial charge in [0.1, 0.15) is 0 Å². The fraction of sp³-hybridized carbons (Fsp3) is 0.471. The number of carbonyl (C=O) groups is 1. The lowest BCUT2D eigenvalue weighted by Gasteiger charge is -2.16. The van der Waals surface area contributed by atoms with Crippen LogP contribution in [0.4, 0.5) is 0 Å². The molecule has 0 aliphatic rings. The highest BCUT2D eigenvalue weighted by Crippen LogP contribution is 2.18. The average molecular weight is 300 g/mol. The van der Waals surface area contributed by atoms with E-state index in [9.17, 15) is 4.79 Å². The van der Waals surface area contributed by atoms with Crippen molar-refractivity contribution in [3.63, 3.8) is 0 Å². The van der Waals surface area contributed by atoms with Crippen LogP contribution in [0.2, 0.25) is 0 Å². The van der Waals surface area contributed by atoms with Crippen molar-refractivity contribution in [1.82, 2.24) is 19.7 Å². The number of aryl methyl sites for hydroxylation is 1. The van der Waals surface area contributed by atoms with Crippen molar-refractivity contribution < 1.29 is 4.79 Å². The molecule has 0 atom stereocenters. The molecule has 0 radical (unpaired) electrons. The van der Waals surface area contributed by atoms with E-state index in [2.05, 4.69) is 23.9 Å². The number of hydrogen-bond donors (Lipinski definition) is 0. The van der Waals surface area contributed by atoms with E-state index in [1.54, 1.807) is 18.1 Å². The third kappa shape index (κ3) is 3.53. The minimum absolute atomic E-state index is 0.0709. The molecule has 118 valence electrons. The smallest absolute Gasteiger partial charge is 0.274 e. The number of hydrogen-bond acceptors (Lipinski definition) is 3. The summed E-state index contributed by atoms with van der Waals surface area (Å²) < 4.78 is 1.97.